The molecule has 0 spiro atoms. The number of carbonyl (C=O) groups is 1. The van der Waals surface area contributed by atoms with Crippen molar-refractivity contribution < 1.29 is 9.53 Å². The SMILES string of the molecule is CC(C)(C)OC(=O)Nc1ccccc1Cn1cccn1. The Morgan fingerprint density at radius 1 is 1.30 bits per heavy atom. The largest absolute Gasteiger partial charge is 0.444 e. The zero-order valence-electron chi connectivity index (χ0n) is 12.0. The molecule has 1 heterocycles. The zero-order valence-corrected chi connectivity index (χ0v) is 12.0. The fourth-order valence-electron chi connectivity index (χ4n) is 1.76. The van der Waals surface area contributed by atoms with E-state index in [0.29, 0.717) is 6.54 Å². The highest BCUT2D eigenvalue weighted by Gasteiger charge is 2.17. The van der Waals surface area contributed by atoms with Crippen LogP contribution in [0.4, 0.5) is 10.5 Å². The Balaban J connectivity index is 2.10. The van der Waals surface area contributed by atoms with E-state index in [4.69, 9.17) is 4.74 Å². The second kappa shape index (κ2) is 5.77. The number of anilines is 1. The number of carbonyl (C=O) groups excluding carboxylic acids is 1. The number of nitrogens with zero attached hydrogens (tertiary/aromatic N) is 2. The third-order valence-corrected chi connectivity index (χ3v) is 2.54. The maximum absolute atomic E-state index is 11.8. The second-order valence-electron chi connectivity index (χ2n) is 5.49. The van der Waals surface area contributed by atoms with Crippen LogP contribution in [0.2, 0.25) is 0 Å². The van der Waals surface area contributed by atoms with Crippen molar-refractivity contribution in [3.8, 4) is 0 Å². The van der Waals surface area contributed by atoms with Gasteiger partial charge in [0.1, 0.15) is 5.60 Å². The van der Waals surface area contributed by atoms with Gasteiger partial charge in [-0.15, -0.1) is 0 Å². The summed E-state index contributed by atoms with van der Waals surface area (Å²) in [5.74, 6) is 0. The molecule has 1 aromatic heterocycles. The third-order valence-electron chi connectivity index (χ3n) is 2.54. The quantitative estimate of drug-likeness (QED) is 0.933. The normalized spacial score (nSPS) is 11.2. The summed E-state index contributed by atoms with van der Waals surface area (Å²) >= 11 is 0. The maximum atomic E-state index is 11.8. The zero-order chi connectivity index (χ0) is 14.6. The molecule has 0 unspecified atom stereocenters. The van der Waals surface area contributed by atoms with Crippen LogP contribution in [0.25, 0.3) is 0 Å². The minimum absolute atomic E-state index is 0.453. The highest BCUT2D eigenvalue weighted by atomic mass is 16.6. The Kier molecular flexibility index (Phi) is 4.08. The van der Waals surface area contributed by atoms with Crippen LogP contribution in [0.15, 0.2) is 42.7 Å². The van der Waals surface area contributed by atoms with Crippen LogP contribution in [0, 0.1) is 0 Å². The van der Waals surface area contributed by atoms with E-state index in [-0.39, 0.29) is 0 Å². The van der Waals surface area contributed by atoms with Crippen molar-refractivity contribution >= 4 is 11.8 Å². The number of hydrogen-bond acceptors (Lipinski definition) is 3. The first-order valence-electron chi connectivity index (χ1n) is 6.49. The minimum Gasteiger partial charge on any atom is -0.444 e. The molecule has 1 aromatic carbocycles. The summed E-state index contributed by atoms with van der Waals surface area (Å²) < 4.78 is 7.06. The van der Waals surface area contributed by atoms with Crippen molar-refractivity contribution in [3.05, 3.63) is 48.3 Å². The molecule has 1 N–H and O–H groups in total. The van der Waals surface area contributed by atoms with Crippen LogP contribution in [0.3, 0.4) is 0 Å². The monoisotopic (exact) mass is 273 g/mol. The Hall–Kier alpha value is -2.30. The van der Waals surface area contributed by atoms with Gasteiger partial charge in [-0.25, -0.2) is 4.79 Å². The highest BCUT2D eigenvalue weighted by molar-refractivity contribution is 5.85. The molecule has 0 atom stereocenters. The average Bonchev–Trinajstić information content (AvgIpc) is 2.82. The first-order valence-corrected chi connectivity index (χ1v) is 6.49. The van der Waals surface area contributed by atoms with E-state index in [1.807, 2.05) is 57.3 Å². The Labute approximate surface area is 118 Å². The van der Waals surface area contributed by atoms with Crippen LogP contribution >= 0.6 is 0 Å². The summed E-state index contributed by atoms with van der Waals surface area (Å²) in [5.41, 5.74) is 1.19. The van der Waals surface area contributed by atoms with Crippen LogP contribution < -0.4 is 5.32 Å². The van der Waals surface area contributed by atoms with Crippen molar-refractivity contribution in [2.45, 2.75) is 32.9 Å². The molecule has 106 valence electrons. The van der Waals surface area contributed by atoms with Gasteiger partial charge >= 0.3 is 6.09 Å². The lowest BCUT2D eigenvalue weighted by atomic mass is 10.2. The molecule has 0 aliphatic carbocycles. The molecule has 0 fully saturated rings. The van der Waals surface area contributed by atoms with Gasteiger partial charge in [-0.1, -0.05) is 18.2 Å². The summed E-state index contributed by atoms with van der Waals surface area (Å²) in [4.78, 5) is 11.8. The van der Waals surface area contributed by atoms with E-state index in [1.54, 1.807) is 10.9 Å². The van der Waals surface area contributed by atoms with Crippen LogP contribution in [0.1, 0.15) is 26.3 Å². The van der Waals surface area contributed by atoms with Crippen molar-refractivity contribution in [2.24, 2.45) is 0 Å². The number of para-hydroxylation sites is 1. The average molecular weight is 273 g/mol. The van der Waals surface area contributed by atoms with E-state index < -0.39 is 11.7 Å². The first kappa shape index (κ1) is 14.1. The van der Waals surface area contributed by atoms with Crippen LogP contribution in [-0.2, 0) is 11.3 Å². The topological polar surface area (TPSA) is 56.1 Å². The molecule has 5 heteroatoms. The van der Waals surface area contributed by atoms with Crippen LogP contribution in [0.5, 0.6) is 0 Å². The molecule has 1 amide bonds. The summed E-state index contributed by atoms with van der Waals surface area (Å²) in [5, 5.41) is 6.94. The molecular formula is C15H19N3O2. The molecule has 5 nitrogen and oxygen atoms in total. The first-order chi connectivity index (χ1) is 9.44. The van der Waals surface area contributed by atoms with E-state index in [2.05, 4.69) is 10.4 Å². The predicted octanol–water partition coefficient (Wildman–Crippen LogP) is 3.28. The van der Waals surface area contributed by atoms with E-state index in [1.165, 1.54) is 0 Å². The van der Waals surface area contributed by atoms with Gasteiger partial charge in [-0.05, 0) is 38.5 Å². The number of rotatable bonds is 3. The van der Waals surface area contributed by atoms with E-state index >= 15 is 0 Å². The third kappa shape index (κ3) is 4.12. The number of ether oxygens (including phenoxy) is 1. The second-order valence-corrected chi connectivity index (χ2v) is 5.49. The lowest BCUT2D eigenvalue weighted by Crippen LogP contribution is -2.27. The lowest BCUT2D eigenvalue weighted by molar-refractivity contribution is 0.0636. The van der Waals surface area contributed by atoms with Gasteiger partial charge in [0.15, 0.2) is 0 Å². The molecule has 2 aromatic rings. The number of benzene rings is 1. The fraction of sp³-hybridized carbons (Fsp3) is 0.333. The Bertz CT molecular complexity index is 571. The summed E-state index contributed by atoms with van der Waals surface area (Å²) in [7, 11) is 0. The summed E-state index contributed by atoms with van der Waals surface area (Å²) in [6, 6.07) is 9.47. The molecule has 2 rings (SSSR count). The maximum Gasteiger partial charge on any atom is 0.412 e. The van der Waals surface area contributed by atoms with Crippen LogP contribution in [-0.4, -0.2) is 21.5 Å². The molecule has 20 heavy (non-hydrogen) atoms. The number of aromatic nitrogens is 2. The van der Waals surface area contributed by atoms with Crippen molar-refractivity contribution in [3.63, 3.8) is 0 Å². The molecule has 0 aliphatic heterocycles. The smallest absolute Gasteiger partial charge is 0.412 e. The number of hydrogen-bond donors (Lipinski definition) is 1. The summed E-state index contributed by atoms with van der Waals surface area (Å²) in [6.07, 6.45) is 3.15. The lowest BCUT2D eigenvalue weighted by Gasteiger charge is -2.20. The van der Waals surface area contributed by atoms with Gasteiger partial charge in [-0.3, -0.25) is 10.00 Å². The molecular weight excluding hydrogens is 254 g/mol. The van der Waals surface area contributed by atoms with Crippen molar-refractivity contribution in [2.75, 3.05) is 5.32 Å². The Morgan fingerprint density at radius 2 is 2.05 bits per heavy atom. The van der Waals surface area contributed by atoms with E-state index in [9.17, 15) is 4.79 Å². The molecule has 0 radical (unpaired) electrons. The van der Waals surface area contributed by atoms with Gasteiger partial charge in [-0.2, -0.15) is 5.10 Å². The summed E-state index contributed by atoms with van der Waals surface area (Å²) in [6.45, 7) is 6.10. The Morgan fingerprint density at radius 3 is 2.70 bits per heavy atom. The molecule has 0 saturated carbocycles. The van der Waals surface area contributed by atoms with Gasteiger partial charge in [0.05, 0.1) is 6.54 Å². The molecule has 0 saturated heterocycles. The minimum atomic E-state index is -0.513. The number of amides is 1. The van der Waals surface area contributed by atoms with Crippen molar-refractivity contribution in [1.82, 2.24) is 9.78 Å². The molecule has 0 aliphatic rings. The predicted molar refractivity (Wildman–Crippen MR) is 77.6 cm³/mol. The number of nitrogens with one attached hydrogen (secondary N) is 1. The van der Waals surface area contributed by atoms with Gasteiger partial charge in [0.2, 0.25) is 0 Å². The van der Waals surface area contributed by atoms with Crippen molar-refractivity contribution in [1.29, 1.82) is 0 Å². The van der Waals surface area contributed by atoms with Gasteiger partial charge < -0.3 is 4.74 Å². The van der Waals surface area contributed by atoms with Gasteiger partial charge in [0.25, 0.3) is 0 Å². The standard InChI is InChI=1S/C15H19N3O2/c1-15(2,3)20-14(19)17-13-8-5-4-7-12(13)11-18-10-6-9-16-18/h4-10H,11H2,1-3H3,(H,17,19). The fourth-order valence-corrected chi connectivity index (χ4v) is 1.76. The highest BCUT2D eigenvalue weighted by Crippen LogP contribution is 2.17. The van der Waals surface area contributed by atoms with Gasteiger partial charge in [0, 0.05) is 18.1 Å². The van der Waals surface area contributed by atoms with E-state index in [0.717, 1.165) is 11.3 Å². The molecule has 0 bridgehead atoms.